The maximum atomic E-state index is 11.0. The van der Waals surface area contributed by atoms with Crippen molar-refractivity contribution in [1.82, 2.24) is 4.90 Å². The lowest BCUT2D eigenvalue weighted by atomic mass is 10.3. The van der Waals surface area contributed by atoms with Crippen LogP contribution >= 0.6 is 0 Å². The Balaban J connectivity index is 2.71. The number of benzene rings is 1. The number of methoxy groups -OCH3 is 1. The fraction of sp³-hybridized carbons (Fsp3) is 0.500. The number of ether oxygens (including phenoxy) is 2. The van der Waals surface area contributed by atoms with E-state index in [1.165, 1.54) is 19.2 Å². The predicted octanol–water partition coefficient (Wildman–Crippen LogP) is 1.78. The zero-order valence-corrected chi connectivity index (χ0v) is 12.8. The summed E-state index contributed by atoms with van der Waals surface area (Å²) in [5.41, 5.74) is -0.186. The molecule has 8 heteroatoms. The highest BCUT2D eigenvalue weighted by atomic mass is 16.6. The van der Waals surface area contributed by atoms with Crippen LogP contribution in [0.5, 0.6) is 11.5 Å². The van der Waals surface area contributed by atoms with Crippen LogP contribution in [-0.4, -0.2) is 53.7 Å². The number of aliphatic carboxylic acids is 1. The predicted molar refractivity (Wildman–Crippen MR) is 79.5 cm³/mol. The first-order chi connectivity index (χ1) is 10.3. The minimum atomic E-state index is -0.927. The van der Waals surface area contributed by atoms with Crippen molar-refractivity contribution in [3.05, 3.63) is 28.3 Å². The smallest absolute Gasteiger partial charge is 0.317 e. The van der Waals surface area contributed by atoms with E-state index in [2.05, 4.69) is 0 Å². The molecule has 0 heterocycles. The summed E-state index contributed by atoms with van der Waals surface area (Å²) in [6.07, 6.45) is 0. The minimum absolute atomic E-state index is 0.0329. The Hall–Kier alpha value is -2.35. The molecule has 1 aromatic carbocycles. The third-order valence-corrected chi connectivity index (χ3v) is 3.07. The van der Waals surface area contributed by atoms with Crippen LogP contribution in [0.15, 0.2) is 18.2 Å². The van der Waals surface area contributed by atoms with E-state index in [1.807, 2.05) is 13.8 Å². The van der Waals surface area contributed by atoms with Gasteiger partial charge >= 0.3 is 11.7 Å². The largest absolute Gasteiger partial charge is 0.496 e. The Morgan fingerprint density at radius 1 is 1.45 bits per heavy atom. The summed E-state index contributed by atoms with van der Waals surface area (Å²) in [6, 6.07) is 4.35. The molecule has 1 N–H and O–H groups in total. The van der Waals surface area contributed by atoms with Crippen LogP contribution in [0.1, 0.15) is 13.8 Å². The molecule has 122 valence electrons. The van der Waals surface area contributed by atoms with Gasteiger partial charge in [0.15, 0.2) is 5.75 Å². The number of carboxylic acid groups (broad SMARTS) is 1. The molecule has 0 aliphatic heterocycles. The maximum absolute atomic E-state index is 11.0. The molecule has 0 atom stereocenters. The van der Waals surface area contributed by atoms with Gasteiger partial charge in [0.25, 0.3) is 0 Å². The molecule has 0 aromatic heterocycles. The van der Waals surface area contributed by atoms with E-state index < -0.39 is 10.9 Å². The Morgan fingerprint density at radius 3 is 2.64 bits per heavy atom. The summed E-state index contributed by atoms with van der Waals surface area (Å²) in [7, 11) is 1.42. The highest BCUT2D eigenvalue weighted by Crippen LogP contribution is 2.30. The molecule has 0 unspecified atom stereocenters. The number of carboxylic acids is 1. The molecule has 8 nitrogen and oxygen atoms in total. The van der Waals surface area contributed by atoms with E-state index in [-0.39, 0.29) is 30.6 Å². The minimum Gasteiger partial charge on any atom is -0.496 e. The molecule has 0 fully saturated rings. The standard InChI is InChI=1S/C14H20N2O6/c1-10(2)15(9-14(17)18)6-7-22-13-5-4-11(21-3)8-12(13)16(19)20/h4-5,8,10H,6-7,9H2,1-3H3,(H,17,18). The first-order valence-electron chi connectivity index (χ1n) is 6.76. The number of nitro groups is 1. The second-order valence-electron chi connectivity index (χ2n) is 4.90. The molecule has 22 heavy (non-hydrogen) atoms. The normalized spacial score (nSPS) is 10.8. The number of hydrogen-bond acceptors (Lipinski definition) is 6. The molecular weight excluding hydrogens is 292 g/mol. The van der Waals surface area contributed by atoms with Crippen LogP contribution in [0.3, 0.4) is 0 Å². The van der Waals surface area contributed by atoms with Gasteiger partial charge in [-0.1, -0.05) is 0 Å². The van der Waals surface area contributed by atoms with Crippen molar-refractivity contribution in [2.24, 2.45) is 0 Å². The molecule has 0 saturated heterocycles. The highest BCUT2D eigenvalue weighted by Gasteiger charge is 2.18. The van der Waals surface area contributed by atoms with Crippen molar-refractivity contribution in [3.8, 4) is 11.5 Å². The highest BCUT2D eigenvalue weighted by molar-refractivity contribution is 5.69. The van der Waals surface area contributed by atoms with Gasteiger partial charge in [0.2, 0.25) is 0 Å². The van der Waals surface area contributed by atoms with Crippen LogP contribution < -0.4 is 9.47 Å². The lowest BCUT2D eigenvalue weighted by molar-refractivity contribution is -0.385. The van der Waals surface area contributed by atoms with Crippen LogP contribution in [0.25, 0.3) is 0 Å². The molecule has 0 spiro atoms. The van der Waals surface area contributed by atoms with Gasteiger partial charge in [-0.15, -0.1) is 0 Å². The first-order valence-corrected chi connectivity index (χ1v) is 6.76. The lowest BCUT2D eigenvalue weighted by Gasteiger charge is -2.24. The van der Waals surface area contributed by atoms with Gasteiger partial charge in [-0.2, -0.15) is 0 Å². The van der Waals surface area contributed by atoms with E-state index in [9.17, 15) is 14.9 Å². The van der Waals surface area contributed by atoms with Gasteiger partial charge in [0.05, 0.1) is 24.6 Å². The van der Waals surface area contributed by atoms with Crippen molar-refractivity contribution in [2.45, 2.75) is 19.9 Å². The van der Waals surface area contributed by atoms with E-state index in [0.29, 0.717) is 12.3 Å². The Labute approximate surface area is 128 Å². The van der Waals surface area contributed by atoms with Gasteiger partial charge in [-0.05, 0) is 26.0 Å². The molecule has 0 aliphatic carbocycles. The summed E-state index contributed by atoms with van der Waals surface area (Å²) in [5.74, 6) is -0.428. The van der Waals surface area contributed by atoms with Crippen molar-refractivity contribution in [2.75, 3.05) is 26.8 Å². The summed E-state index contributed by atoms with van der Waals surface area (Å²) in [5, 5.41) is 19.9. The average Bonchev–Trinajstić information content (AvgIpc) is 2.45. The van der Waals surface area contributed by atoms with Gasteiger partial charge in [0.1, 0.15) is 12.4 Å². The monoisotopic (exact) mass is 312 g/mol. The van der Waals surface area contributed by atoms with E-state index >= 15 is 0 Å². The molecule has 0 aliphatic rings. The van der Waals surface area contributed by atoms with Crippen LogP contribution in [0.2, 0.25) is 0 Å². The summed E-state index contributed by atoms with van der Waals surface area (Å²) < 4.78 is 10.4. The number of carbonyl (C=O) groups is 1. The van der Waals surface area contributed by atoms with Gasteiger partial charge < -0.3 is 14.6 Å². The SMILES string of the molecule is COc1ccc(OCCN(CC(=O)O)C(C)C)c([N+](=O)[O-])c1. The molecule has 0 amide bonds. The van der Waals surface area contributed by atoms with Gasteiger partial charge in [-0.25, -0.2) is 0 Å². The number of nitro benzene ring substituents is 1. The fourth-order valence-electron chi connectivity index (χ4n) is 1.86. The van der Waals surface area contributed by atoms with Crippen LogP contribution in [0, 0.1) is 10.1 Å². The number of hydrogen-bond donors (Lipinski definition) is 1. The summed E-state index contributed by atoms with van der Waals surface area (Å²) in [4.78, 5) is 23.0. The molecule has 1 rings (SSSR count). The Kier molecular flexibility index (Phi) is 6.58. The average molecular weight is 312 g/mol. The zero-order valence-electron chi connectivity index (χ0n) is 12.8. The Morgan fingerprint density at radius 2 is 2.14 bits per heavy atom. The lowest BCUT2D eigenvalue weighted by Crippen LogP contribution is -2.38. The topological polar surface area (TPSA) is 102 Å². The van der Waals surface area contributed by atoms with E-state index in [1.54, 1.807) is 11.0 Å². The maximum Gasteiger partial charge on any atom is 0.317 e. The second-order valence-corrected chi connectivity index (χ2v) is 4.90. The first kappa shape index (κ1) is 17.7. The van der Waals surface area contributed by atoms with Gasteiger partial charge in [0, 0.05) is 12.6 Å². The Bertz CT molecular complexity index is 532. The third kappa shape index (κ3) is 5.21. The molecular formula is C14H20N2O6. The molecule has 0 saturated carbocycles. The molecule has 0 bridgehead atoms. The van der Waals surface area contributed by atoms with Crippen molar-refractivity contribution in [1.29, 1.82) is 0 Å². The second kappa shape index (κ2) is 8.18. The molecule has 0 radical (unpaired) electrons. The van der Waals surface area contributed by atoms with Gasteiger partial charge in [-0.3, -0.25) is 19.8 Å². The number of rotatable bonds is 9. The molecule has 1 aromatic rings. The van der Waals surface area contributed by atoms with Crippen molar-refractivity contribution in [3.63, 3.8) is 0 Å². The fourth-order valence-corrected chi connectivity index (χ4v) is 1.86. The third-order valence-electron chi connectivity index (χ3n) is 3.07. The van der Waals surface area contributed by atoms with Crippen LogP contribution in [0.4, 0.5) is 5.69 Å². The summed E-state index contributed by atoms with van der Waals surface area (Å²) >= 11 is 0. The number of nitrogens with zero attached hydrogens (tertiary/aromatic N) is 2. The van der Waals surface area contributed by atoms with Crippen molar-refractivity contribution < 1.29 is 24.3 Å². The van der Waals surface area contributed by atoms with E-state index in [0.717, 1.165) is 0 Å². The quantitative estimate of drug-likeness (QED) is 0.547. The van der Waals surface area contributed by atoms with Crippen molar-refractivity contribution >= 4 is 11.7 Å². The van der Waals surface area contributed by atoms with E-state index in [4.69, 9.17) is 14.6 Å². The summed E-state index contributed by atoms with van der Waals surface area (Å²) in [6.45, 7) is 4.15. The van der Waals surface area contributed by atoms with Crippen LogP contribution in [-0.2, 0) is 4.79 Å². The zero-order chi connectivity index (χ0) is 16.7.